The van der Waals surface area contributed by atoms with Gasteiger partial charge < -0.3 is 249 Å². The van der Waals surface area contributed by atoms with E-state index in [0.29, 0.717) is 0 Å². The summed E-state index contributed by atoms with van der Waals surface area (Å²) in [6.07, 6.45) is 0. The van der Waals surface area contributed by atoms with Crippen LogP contribution in [-0.2, 0) is 254 Å². The molecule has 0 aromatic carbocycles. The van der Waals surface area contributed by atoms with E-state index in [0.717, 1.165) is 0 Å². The molecule has 87 N–H and O–H groups in total. The van der Waals surface area contributed by atoms with Gasteiger partial charge in [0.15, 0.2) is 0 Å². The molecule has 0 aliphatic carbocycles. The minimum atomic E-state index is 0. The number of hydrogen-bond donors (Lipinski definition) is 5. The van der Waals surface area contributed by atoms with Crippen LogP contribution in [0.25, 0.3) is 0 Å². The Morgan fingerprint density at radius 1 is 0.108 bits per heavy atom. The van der Waals surface area contributed by atoms with Crippen LogP contribution >= 0.6 is 0 Å². The summed E-state index contributed by atoms with van der Waals surface area (Å²) in [5.41, 5.74) is 0. The smallest absolute Gasteiger partial charge is 0.0661 e. The Morgan fingerprint density at radius 3 is 0.108 bits per heavy atom. The number of rotatable bonds is 0. The van der Waals surface area contributed by atoms with Gasteiger partial charge in [-0.15, -0.1) is 0 Å². The van der Waals surface area contributed by atoms with Crippen molar-refractivity contribution in [2.24, 2.45) is 0 Å². The third-order valence-corrected chi connectivity index (χ3v) is 0. The molecule has 0 spiro atoms. The first kappa shape index (κ1) is 1090. The van der Waals surface area contributed by atoms with Gasteiger partial charge in [-0.05, 0) is 0 Å². The molecule has 0 aromatic rings. The molecule has 74 heavy (non-hydrogen) atoms. The normalized spacial score (nSPS) is 2.43. The Hall–Kier alpha value is 6.69. The molecule has 0 unspecified atom stereocenters. The van der Waals surface area contributed by atoms with Gasteiger partial charge in [-0.25, -0.2) is 0 Å². The molecule has 0 aliphatic heterocycles. The first-order valence-corrected chi connectivity index (χ1v) is 7.50. The number of quaternary nitrogens is 5. The molecule has 0 saturated heterocycles. The summed E-state index contributed by atoms with van der Waals surface area (Å²) in [6.45, 7) is 0. The zero-order valence-corrected chi connectivity index (χ0v) is 78.9. The summed E-state index contributed by atoms with van der Waals surface area (Å²) in [5.74, 6) is 0. The van der Waals surface area contributed by atoms with Gasteiger partial charge in [-0.2, -0.15) is 0 Å². The van der Waals surface area contributed by atoms with Crippen molar-refractivity contribution in [3.8, 4) is 0 Å². The Bertz CT molecular complexity index is 190. The van der Waals surface area contributed by atoms with Crippen LogP contribution in [0.15, 0.2) is 0 Å². The van der Waals surface area contributed by atoms with E-state index in [1.54, 1.807) is 0 Å². The predicted molar refractivity (Wildman–Crippen MR) is 248 cm³/mol. The molecule has 46 nitrogen and oxygen atoms in total. The van der Waals surface area contributed by atoms with Crippen LogP contribution < -0.4 is 24.5 Å². The summed E-state index contributed by atoms with van der Waals surface area (Å²) in [7, 11) is 31.2. The predicted octanol–water partition coefficient (Wildman–Crippen LogP) is -40.4. The zero-order valence-electron chi connectivity index (χ0n) is 43.4. The Labute approximate surface area is 612 Å². The van der Waals surface area contributed by atoms with Crippen molar-refractivity contribution in [3.63, 3.8) is 0 Å². The Balaban J connectivity index is -0.000000000564. The molecular weight excluding hydrogens is 3050 g/mol. The van der Waals surface area contributed by atoms with Crippen molar-refractivity contribution in [1.29, 1.82) is 0 Å². The van der Waals surface area contributed by atoms with Crippen LogP contribution in [0.2, 0.25) is 0 Å². The third kappa shape index (κ3) is 10600. The standard InChI is InChI=1S/5C3H9N.Nb.41H2O.Si.11W/c5*1-4(2)3;;;;;;;;;;;;;;;;;;;;;;;;;;;;;;;;;;;;;;;;;;;;;;;;;;;;;;/h5*1-3H3;;41*1H2;;;;;;;;;;;;/p+5. The van der Waals surface area contributed by atoms with E-state index in [2.05, 4.69) is 106 Å². The third-order valence-electron chi connectivity index (χ3n) is 0. The molecule has 0 aliphatic rings. The molecule has 0 saturated carbocycles. The van der Waals surface area contributed by atoms with Crippen LogP contribution in [0.3, 0.4) is 0 Å². The monoisotopic (exact) mass is 3180 g/mol. The molecule has 0 aromatic heterocycles. The van der Waals surface area contributed by atoms with Crippen molar-refractivity contribution in [2.45, 2.75) is 0 Å². The van der Waals surface area contributed by atoms with Crippen molar-refractivity contribution >= 4 is 11.0 Å². The molecule has 0 heterocycles. The van der Waals surface area contributed by atoms with Crippen molar-refractivity contribution in [3.05, 3.63) is 0 Å². The van der Waals surface area contributed by atoms with Crippen LogP contribution in [0.4, 0.5) is 0 Å². The first-order chi connectivity index (χ1) is 8.66. The van der Waals surface area contributed by atoms with Gasteiger partial charge in [0.05, 0.1) is 106 Å². The van der Waals surface area contributed by atoms with E-state index < -0.39 is 0 Å². The summed E-state index contributed by atoms with van der Waals surface area (Å²) >= 11 is 0. The minimum absolute atomic E-state index is 0. The maximum absolute atomic E-state index is 2.08. The average Bonchev–Trinajstić information content (AvgIpc) is 1.94. The van der Waals surface area contributed by atoms with Gasteiger partial charge in [-0.1, -0.05) is 0 Å². The van der Waals surface area contributed by atoms with E-state index in [-0.39, 0.29) is 490 Å². The topological polar surface area (TPSA) is 1310 Å². The van der Waals surface area contributed by atoms with E-state index in [1.165, 1.54) is 24.5 Å². The largest absolute Gasteiger partial charge is 0.412 e. The first-order valence-electron chi connectivity index (χ1n) is 7.50. The molecule has 533 valence electrons. The minimum Gasteiger partial charge on any atom is -0.412 e. The van der Waals surface area contributed by atoms with Gasteiger partial charge in [0.1, 0.15) is 0 Å². The van der Waals surface area contributed by atoms with Crippen LogP contribution in [0.5, 0.6) is 0 Å². The van der Waals surface area contributed by atoms with Crippen molar-refractivity contribution in [1.82, 2.24) is 0 Å². The number of nitrogens with one attached hydrogen (secondary N) is 5. The van der Waals surface area contributed by atoms with Crippen LogP contribution in [0, 0.1) is 0 Å². The molecular formula is C15H132N5NbO41SiW11+5. The van der Waals surface area contributed by atoms with Gasteiger partial charge in [-0.3, -0.25) is 0 Å². The summed E-state index contributed by atoms with van der Waals surface area (Å²) < 4.78 is 0. The fourth-order valence-corrected chi connectivity index (χ4v) is 0. The molecule has 5 radical (unpaired) electrons. The Morgan fingerprint density at radius 2 is 0.108 bits per heavy atom. The quantitative estimate of drug-likeness (QED) is 0.141. The summed E-state index contributed by atoms with van der Waals surface area (Å²) in [5, 5.41) is 0. The number of hydrogen-bond acceptors (Lipinski definition) is 0. The average molecular weight is 3180 g/mol. The van der Waals surface area contributed by atoms with Crippen molar-refractivity contribution < 1.29 is 503 Å². The van der Waals surface area contributed by atoms with Crippen LogP contribution in [-0.4, -0.2) is 341 Å². The van der Waals surface area contributed by atoms with E-state index in [1.807, 2.05) is 0 Å². The molecule has 0 atom stereocenters. The molecule has 0 fully saturated rings. The maximum Gasteiger partial charge on any atom is 0.0661 e. The Kier molecular flexibility index (Phi) is 15400. The zero-order chi connectivity index (χ0) is 17.9. The molecule has 0 amide bonds. The van der Waals surface area contributed by atoms with Gasteiger partial charge >= 0.3 is 0 Å². The second-order valence-corrected chi connectivity index (χ2v) is 7.50. The second-order valence-electron chi connectivity index (χ2n) is 7.50. The molecule has 0 bridgehead atoms. The van der Waals surface area contributed by atoms with Gasteiger partial charge in [0, 0.05) is 265 Å². The van der Waals surface area contributed by atoms with Gasteiger partial charge in [0.25, 0.3) is 0 Å². The second kappa shape index (κ2) is 1050. The molecule has 0 rings (SSSR count). The van der Waals surface area contributed by atoms with Crippen LogP contribution in [0.1, 0.15) is 0 Å². The SMILES string of the molecule is C[NH+](C)C.C[NH+](C)C.C[NH+](C)C.C[NH+](C)C.C[NH+](C)C.O.O.O.O.O.O.O.O.O.O.O.O.O.O.O.O.O.O.O.O.O.O.O.O.O.O.O.O.O.O.O.O.O.O.O.O.O.O.O.O.O.[Nb].[Si].[W].[W].[W].[W].[W].[W].[W].[W].[W].[W].[W]. The molecule has 59 heteroatoms. The maximum atomic E-state index is 2.08. The van der Waals surface area contributed by atoms with E-state index in [9.17, 15) is 0 Å². The van der Waals surface area contributed by atoms with Crippen molar-refractivity contribution in [2.75, 3.05) is 106 Å². The fraction of sp³-hybridized carbons (Fsp3) is 1.00. The van der Waals surface area contributed by atoms with Gasteiger partial charge in [0.2, 0.25) is 0 Å². The van der Waals surface area contributed by atoms with E-state index >= 15 is 0 Å². The van der Waals surface area contributed by atoms with E-state index in [4.69, 9.17) is 0 Å². The summed E-state index contributed by atoms with van der Waals surface area (Å²) in [6, 6.07) is 0. The summed E-state index contributed by atoms with van der Waals surface area (Å²) in [4.78, 5) is 7.08. The fourth-order valence-electron chi connectivity index (χ4n) is 0.